The normalized spacial score (nSPS) is 22.6. The predicted octanol–water partition coefficient (Wildman–Crippen LogP) is 1.45. The zero-order chi connectivity index (χ0) is 10.3. The third kappa shape index (κ3) is 1.45. The molecule has 1 atom stereocenters. The summed E-state index contributed by atoms with van der Waals surface area (Å²) in [6.07, 6.45) is 2.17. The van der Waals surface area contributed by atoms with Crippen molar-refractivity contribution in [3.63, 3.8) is 0 Å². The van der Waals surface area contributed by atoms with Crippen molar-refractivity contribution in [1.29, 1.82) is 0 Å². The van der Waals surface area contributed by atoms with Gasteiger partial charge in [0, 0.05) is 29.1 Å². The summed E-state index contributed by atoms with van der Waals surface area (Å²) < 4.78 is 0. The van der Waals surface area contributed by atoms with E-state index in [2.05, 4.69) is 40.9 Å². The van der Waals surface area contributed by atoms with Crippen LogP contribution in [0, 0.1) is 0 Å². The monoisotopic (exact) mass is 219 g/mol. The standard InChI is InChI=1S/C11H13N3S/c12-5-6-14-7-10-11(13-14)8-3-1-2-4-9(8)15-10/h1-4,7,11,13H,5-6,12H2. The van der Waals surface area contributed by atoms with Gasteiger partial charge < -0.3 is 10.7 Å². The van der Waals surface area contributed by atoms with E-state index in [-0.39, 0.29) is 0 Å². The van der Waals surface area contributed by atoms with Crippen LogP contribution in [-0.4, -0.2) is 18.1 Å². The maximum absolute atomic E-state index is 5.54. The van der Waals surface area contributed by atoms with Crippen LogP contribution in [0.3, 0.4) is 0 Å². The molecule has 4 heteroatoms. The molecule has 0 fully saturated rings. The van der Waals surface area contributed by atoms with Crippen LogP contribution in [0.4, 0.5) is 0 Å². The molecule has 0 aliphatic carbocycles. The highest BCUT2D eigenvalue weighted by Crippen LogP contribution is 2.49. The van der Waals surface area contributed by atoms with Crippen LogP contribution in [0.2, 0.25) is 0 Å². The fourth-order valence-electron chi connectivity index (χ4n) is 2.01. The second kappa shape index (κ2) is 3.56. The third-order valence-corrected chi connectivity index (χ3v) is 3.86. The Balaban J connectivity index is 1.88. The van der Waals surface area contributed by atoms with Gasteiger partial charge in [-0.05, 0) is 11.6 Å². The zero-order valence-corrected chi connectivity index (χ0v) is 9.13. The van der Waals surface area contributed by atoms with Gasteiger partial charge in [-0.1, -0.05) is 30.0 Å². The fourth-order valence-corrected chi connectivity index (χ4v) is 3.19. The van der Waals surface area contributed by atoms with E-state index < -0.39 is 0 Å². The average molecular weight is 219 g/mol. The Bertz CT molecular complexity index is 416. The highest BCUT2D eigenvalue weighted by Gasteiger charge is 2.33. The molecule has 1 unspecified atom stereocenters. The second-order valence-corrected chi connectivity index (χ2v) is 4.83. The summed E-state index contributed by atoms with van der Waals surface area (Å²) in [5.41, 5.74) is 10.4. The predicted molar refractivity (Wildman–Crippen MR) is 62.0 cm³/mol. The van der Waals surface area contributed by atoms with Gasteiger partial charge in [0.05, 0.1) is 6.04 Å². The van der Waals surface area contributed by atoms with Gasteiger partial charge >= 0.3 is 0 Å². The van der Waals surface area contributed by atoms with Gasteiger partial charge in [-0.2, -0.15) is 0 Å². The highest BCUT2D eigenvalue weighted by molar-refractivity contribution is 8.03. The largest absolute Gasteiger partial charge is 0.329 e. The van der Waals surface area contributed by atoms with Gasteiger partial charge in [0.25, 0.3) is 0 Å². The number of rotatable bonds is 2. The lowest BCUT2D eigenvalue weighted by Gasteiger charge is -2.18. The van der Waals surface area contributed by atoms with Crippen molar-refractivity contribution in [3.05, 3.63) is 40.9 Å². The van der Waals surface area contributed by atoms with Crippen LogP contribution in [0.1, 0.15) is 11.6 Å². The number of hydrogen-bond acceptors (Lipinski definition) is 4. The molecule has 15 heavy (non-hydrogen) atoms. The highest BCUT2D eigenvalue weighted by atomic mass is 32.2. The number of benzene rings is 1. The molecule has 0 saturated heterocycles. The van der Waals surface area contributed by atoms with Crippen LogP contribution in [0.5, 0.6) is 0 Å². The van der Waals surface area contributed by atoms with Crippen molar-refractivity contribution in [2.24, 2.45) is 5.73 Å². The summed E-state index contributed by atoms with van der Waals surface area (Å²) in [6, 6.07) is 8.90. The van der Waals surface area contributed by atoms with Crippen molar-refractivity contribution < 1.29 is 0 Å². The molecule has 2 heterocycles. The van der Waals surface area contributed by atoms with Gasteiger partial charge in [0.1, 0.15) is 0 Å². The van der Waals surface area contributed by atoms with E-state index in [1.54, 1.807) is 0 Å². The van der Waals surface area contributed by atoms with Gasteiger partial charge in [0.15, 0.2) is 0 Å². The Labute approximate surface area is 93.3 Å². The lowest BCUT2D eigenvalue weighted by Crippen LogP contribution is -2.34. The minimum absolute atomic E-state index is 0.359. The van der Waals surface area contributed by atoms with Crippen LogP contribution >= 0.6 is 11.8 Å². The molecule has 0 amide bonds. The van der Waals surface area contributed by atoms with E-state index in [9.17, 15) is 0 Å². The van der Waals surface area contributed by atoms with Gasteiger partial charge in [-0.15, -0.1) is 0 Å². The summed E-state index contributed by atoms with van der Waals surface area (Å²) >= 11 is 1.85. The smallest absolute Gasteiger partial charge is 0.0850 e. The lowest BCUT2D eigenvalue weighted by molar-refractivity contribution is 0.282. The Morgan fingerprint density at radius 3 is 3.13 bits per heavy atom. The molecule has 0 saturated carbocycles. The molecule has 2 aliphatic rings. The Hall–Kier alpha value is -0.970. The van der Waals surface area contributed by atoms with E-state index in [0.29, 0.717) is 12.6 Å². The van der Waals surface area contributed by atoms with Gasteiger partial charge in [-0.3, -0.25) is 0 Å². The first-order chi connectivity index (χ1) is 7.38. The number of hydrogen-bond donors (Lipinski definition) is 2. The molecular formula is C11H13N3S. The Morgan fingerprint density at radius 1 is 1.40 bits per heavy atom. The van der Waals surface area contributed by atoms with Crippen molar-refractivity contribution >= 4 is 11.8 Å². The van der Waals surface area contributed by atoms with Crippen LogP contribution in [0.15, 0.2) is 40.3 Å². The Kier molecular flexibility index (Phi) is 2.20. The van der Waals surface area contributed by atoms with Crippen molar-refractivity contribution in [2.45, 2.75) is 10.9 Å². The van der Waals surface area contributed by atoms with Crippen molar-refractivity contribution in [1.82, 2.24) is 10.4 Å². The van der Waals surface area contributed by atoms with Gasteiger partial charge in [0.2, 0.25) is 0 Å². The Morgan fingerprint density at radius 2 is 2.27 bits per heavy atom. The molecule has 78 valence electrons. The molecule has 2 aliphatic heterocycles. The number of nitrogens with one attached hydrogen (secondary N) is 1. The fraction of sp³-hybridized carbons (Fsp3) is 0.273. The molecule has 0 aromatic heterocycles. The molecule has 3 nitrogen and oxygen atoms in total. The molecule has 0 spiro atoms. The zero-order valence-electron chi connectivity index (χ0n) is 8.31. The number of fused-ring (bicyclic) bond motifs is 3. The molecule has 3 rings (SSSR count). The summed E-state index contributed by atoms with van der Waals surface area (Å²) in [5.74, 6) is 0. The summed E-state index contributed by atoms with van der Waals surface area (Å²) in [4.78, 5) is 2.75. The molecule has 0 bridgehead atoms. The van der Waals surface area contributed by atoms with Crippen LogP contribution in [0.25, 0.3) is 0 Å². The maximum atomic E-state index is 5.54. The van der Waals surface area contributed by atoms with E-state index in [1.165, 1.54) is 15.4 Å². The van der Waals surface area contributed by atoms with Gasteiger partial charge in [-0.25, -0.2) is 5.43 Å². The minimum atomic E-state index is 0.359. The van der Waals surface area contributed by atoms with E-state index in [0.717, 1.165) is 6.54 Å². The quantitative estimate of drug-likeness (QED) is 0.790. The number of thioether (sulfide) groups is 1. The van der Waals surface area contributed by atoms with Crippen molar-refractivity contribution in [2.75, 3.05) is 13.1 Å². The minimum Gasteiger partial charge on any atom is -0.329 e. The van der Waals surface area contributed by atoms with E-state index in [1.807, 2.05) is 11.8 Å². The first kappa shape index (κ1) is 9.27. The van der Waals surface area contributed by atoms with Crippen LogP contribution in [-0.2, 0) is 0 Å². The summed E-state index contributed by atoms with van der Waals surface area (Å²) in [6.45, 7) is 1.54. The van der Waals surface area contributed by atoms with E-state index >= 15 is 0 Å². The maximum Gasteiger partial charge on any atom is 0.0850 e. The van der Waals surface area contributed by atoms with Crippen LogP contribution < -0.4 is 11.2 Å². The second-order valence-electron chi connectivity index (χ2n) is 3.72. The average Bonchev–Trinajstić information content (AvgIpc) is 2.75. The molecule has 1 aromatic carbocycles. The first-order valence-corrected chi connectivity index (χ1v) is 5.91. The molecule has 0 radical (unpaired) electrons. The topological polar surface area (TPSA) is 41.3 Å². The molecular weight excluding hydrogens is 206 g/mol. The molecule has 3 N–H and O–H groups in total. The lowest BCUT2D eigenvalue weighted by atomic mass is 10.1. The van der Waals surface area contributed by atoms with Crippen molar-refractivity contribution in [3.8, 4) is 0 Å². The summed E-state index contributed by atoms with van der Waals surface area (Å²) in [5, 5.41) is 2.09. The number of hydrazine groups is 1. The third-order valence-electron chi connectivity index (χ3n) is 2.69. The number of nitrogens with zero attached hydrogens (tertiary/aromatic N) is 1. The summed E-state index contributed by atoms with van der Waals surface area (Å²) in [7, 11) is 0. The SMILES string of the molecule is NCCN1C=C2Sc3ccccc3C2N1. The van der Waals surface area contributed by atoms with E-state index in [4.69, 9.17) is 5.73 Å². The molecule has 1 aromatic rings. The first-order valence-electron chi connectivity index (χ1n) is 5.10. The number of nitrogens with two attached hydrogens (primary N) is 1.